The third kappa shape index (κ3) is 2.93. The molecule has 0 spiro atoms. The zero-order chi connectivity index (χ0) is 20.7. The van der Waals surface area contributed by atoms with E-state index in [1.807, 2.05) is 47.4 Å². The van der Waals surface area contributed by atoms with E-state index >= 15 is 0 Å². The van der Waals surface area contributed by atoms with Gasteiger partial charge in [0.15, 0.2) is 0 Å². The van der Waals surface area contributed by atoms with Crippen molar-refractivity contribution in [3.8, 4) is 0 Å². The summed E-state index contributed by atoms with van der Waals surface area (Å²) in [4.78, 5) is 32.6. The van der Waals surface area contributed by atoms with Crippen LogP contribution in [0.2, 0.25) is 0 Å². The molecule has 8 heteroatoms. The Hall–Kier alpha value is -3.94. The summed E-state index contributed by atoms with van der Waals surface area (Å²) < 4.78 is 1.49. The average Bonchev–Trinajstić information content (AvgIpc) is 3.18. The number of piperazine rings is 1. The lowest BCUT2D eigenvalue weighted by Gasteiger charge is -2.34. The molecule has 2 aromatic heterocycles. The quantitative estimate of drug-likeness (QED) is 0.388. The fourth-order valence-electron chi connectivity index (χ4n) is 4.06. The van der Waals surface area contributed by atoms with E-state index in [4.69, 9.17) is 0 Å². The fourth-order valence-corrected chi connectivity index (χ4v) is 4.06. The van der Waals surface area contributed by atoms with Crippen molar-refractivity contribution >= 4 is 34.0 Å². The maximum atomic E-state index is 13.2. The number of hydrogen-bond acceptors (Lipinski definition) is 5. The van der Waals surface area contributed by atoms with Crippen LogP contribution in [0.3, 0.4) is 0 Å². The summed E-state index contributed by atoms with van der Waals surface area (Å²) in [5, 5.41) is 13.6. The lowest BCUT2D eigenvalue weighted by Crippen LogP contribution is -2.49. The lowest BCUT2D eigenvalue weighted by molar-refractivity contribution is -0.389. The number of benzene rings is 2. The van der Waals surface area contributed by atoms with Gasteiger partial charge in [0.05, 0.1) is 6.20 Å². The second-order valence-corrected chi connectivity index (χ2v) is 7.25. The van der Waals surface area contributed by atoms with Crippen molar-refractivity contribution in [2.24, 2.45) is 0 Å². The van der Waals surface area contributed by atoms with Crippen molar-refractivity contribution < 1.29 is 9.72 Å². The highest BCUT2D eigenvalue weighted by Gasteiger charge is 2.30. The molecule has 0 atom stereocenters. The molecule has 1 aliphatic heterocycles. The van der Waals surface area contributed by atoms with E-state index in [9.17, 15) is 14.9 Å². The largest absolute Gasteiger partial charge is 0.372 e. The van der Waals surface area contributed by atoms with Gasteiger partial charge in [0, 0.05) is 37.8 Å². The SMILES string of the molecule is O=C(c1cccc2ccccc12)N1CCN(c2nc3ccccn3c2[N+](=O)[O-])CC1. The van der Waals surface area contributed by atoms with Crippen molar-refractivity contribution in [3.63, 3.8) is 0 Å². The first-order valence-corrected chi connectivity index (χ1v) is 9.77. The smallest absolute Gasteiger partial charge is 0.358 e. The van der Waals surface area contributed by atoms with Crippen molar-refractivity contribution in [2.75, 3.05) is 31.1 Å². The number of carbonyl (C=O) groups is 1. The predicted octanol–water partition coefficient (Wildman–Crippen LogP) is 3.36. The highest BCUT2D eigenvalue weighted by molar-refractivity contribution is 6.07. The van der Waals surface area contributed by atoms with Crippen LogP contribution in [0.4, 0.5) is 11.6 Å². The standard InChI is InChI=1S/C22H19N5O3/c28-22(18-9-5-7-16-6-1-2-8-17(16)18)25-14-12-24(13-15-25)20-21(27(29)30)26-11-4-3-10-19(26)23-20/h1-11H,12-15H2. The van der Waals surface area contributed by atoms with Gasteiger partial charge in [0.25, 0.3) is 5.91 Å². The van der Waals surface area contributed by atoms with Crippen LogP contribution in [0.1, 0.15) is 10.4 Å². The van der Waals surface area contributed by atoms with Gasteiger partial charge in [0.1, 0.15) is 0 Å². The summed E-state index contributed by atoms with van der Waals surface area (Å²) in [6.07, 6.45) is 1.64. The molecular weight excluding hydrogens is 382 g/mol. The van der Waals surface area contributed by atoms with E-state index < -0.39 is 4.92 Å². The van der Waals surface area contributed by atoms with E-state index in [0.29, 0.717) is 43.2 Å². The van der Waals surface area contributed by atoms with Gasteiger partial charge >= 0.3 is 5.82 Å². The predicted molar refractivity (Wildman–Crippen MR) is 114 cm³/mol. The van der Waals surface area contributed by atoms with Crippen LogP contribution in [-0.2, 0) is 0 Å². The highest BCUT2D eigenvalue weighted by atomic mass is 16.6. The van der Waals surface area contributed by atoms with Crippen LogP contribution < -0.4 is 4.90 Å². The summed E-state index contributed by atoms with van der Waals surface area (Å²) >= 11 is 0. The van der Waals surface area contributed by atoms with Gasteiger partial charge in [-0.05, 0) is 27.8 Å². The third-order valence-corrected chi connectivity index (χ3v) is 5.55. The van der Waals surface area contributed by atoms with E-state index in [-0.39, 0.29) is 11.7 Å². The molecule has 1 saturated heterocycles. The number of nitrogens with zero attached hydrogens (tertiary/aromatic N) is 5. The number of hydrogen-bond donors (Lipinski definition) is 0. The molecule has 0 aliphatic carbocycles. The minimum absolute atomic E-state index is 0.0176. The molecule has 150 valence electrons. The molecule has 8 nitrogen and oxygen atoms in total. The summed E-state index contributed by atoms with van der Waals surface area (Å²) in [7, 11) is 0. The van der Waals surface area contributed by atoms with Gasteiger partial charge in [-0.1, -0.05) is 42.5 Å². The summed E-state index contributed by atoms with van der Waals surface area (Å²) in [5.41, 5.74) is 1.22. The maximum absolute atomic E-state index is 13.2. The normalized spacial score (nSPS) is 14.4. The Kier molecular flexibility index (Phi) is 4.31. The summed E-state index contributed by atoms with van der Waals surface area (Å²) in [5.74, 6) is 0.291. The molecule has 0 saturated carbocycles. The molecule has 0 bridgehead atoms. The van der Waals surface area contributed by atoms with Gasteiger partial charge in [-0.3, -0.25) is 4.79 Å². The Morgan fingerprint density at radius 3 is 2.47 bits per heavy atom. The topological polar surface area (TPSA) is 84.0 Å². The molecule has 1 aliphatic rings. The molecule has 4 aromatic rings. The van der Waals surface area contributed by atoms with Crippen LogP contribution in [0, 0.1) is 10.1 Å². The van der Waals surface area contributed by atoms with Crippen molar-refractivity contribution in [1.82, 2.24) is 14.3 Å². The van der Waals surface area contributed by atoms with E-state index in [1.54, 1.807) is 29.3 Å². The number of pyridine rings is 1. The molecule has 0 unspecified atom stereocenters. The monoisotopic (exact) mass is 401 g/mol. The van der Waals surface area contributed by atoms with E-state index in [1.165, 1.54) is 4.40 Å². The number of imidazole rings is 1. The van der Waals surface area contributed by atoms with Crippen LogP contribution in [0.25, 0.3) is 16.4 Å². The highest BCUT2D eigenvalue weighted by Crippen LogP contribution is 2.30. The van der Waals surface area contributed by atoms with Crippen molar-refractivity contribution in [2.45, 2.75) is 0 Å². The minimum atomic E-state index is -0.400. The zero-order valence-corrected chi connectivity index (χ0v) is 16.1. The Morgan fingerprint density at radius 2 is 1.67 bits per heavy atom. The zero-order valence-electron chi connectivity index (χ0n) is 16.1. The maximum Gasteiger partial charge on any atom is 0.372 e. The number of fused-ring (bicyclic) bond motifs is 2. The number of anilines is 1. The van der Waals surface area contributed by atoms with E-state index in [2.05, 4.69) is 4.98 Å². The molecular formula is C22H19N5O3. The molecule has 1 fully saturated rings. The van der Waals surface area contributed by atoms with Gasteiger partial charge in [-0.15, -0.1) is 0 Å². The number of amides is 1. The third-order valence-electron chi connectivity index (χ3n) is 5.55. The Labute approximate surface area is 172 Å². The first-order chi connectivity index (χ1) is 14.6. The second-order valence-electron chi connectivity index (χ2n) is 7.25. The summed E-state index contributed by atoms with van der Waals surface area (Å²) in [6, 6.07) is 18.9. The number of rotatable bonds is 3. The van der Waals surface area contributed by atoms with Gasteiger partial charge in [-0.2, -0.15) is 9.38 Å². The van der Waals surface area contributed by atoms with Crippen LogP contribution in [0.5, 0.6) is 0 Å². The van der Waals surface area contributed by atoms with E-state index in [0.717, 1.165) is 10.8 Å². The lowest BCUT2D eigenvalue weighted by atomic mass is 10.0. The van der Waals surface area contributed by atoms with Crippen LogP contribution in [-0.4, -0.2) is 51.3 Å². The molecule has 2 aromatic carbocycles. The average molecular weight is 401 g/mol. The molecule has 5 rings (SSSR count). The number of carbonyl (C=O) groups excluding carboxylic acids is 1. The number of nitro groups is 1. The van der Waals surface area contributed by atoms with Crippen molar-refractivity contribution in [1.29, 1.82) is 0 Å². The molecule has 0 N–H and O–H groups in total. The molecule has 3 heterocycles. The van der Waals surface area contributed by atoms with Gasteiger partial charge in [-0.25, -0.2) is 0 Å². The molecule has 30 heavy (non-hydrogen) atoms. The second kappa shape index (κ2) is 7.14. The van der Waals surface area contributed by atoms with Gasteiger partial charge < -0.3 is 19.9 Å². The number of aromatic nitrogens is 2. The Balaban J connectivity index is 1.39. The molecule has 0 radical (unpaired) electrons. The van der Waals surface area contributed by atoms with Crippen LogP contribution >= 0.6 is 0 Å². The van der Waals surface area contributed by atoms with Crippen LogP contribution in [0.15, 0.2) is 66.9 Å². The first-order valence-electron chi connectivity index (χ1n) is 9.77. The Bertz CT molecular complexity index is 1270. The van der Waals surface area contributed by atoms with Gasteiger partial charge in [0.2, 0.25) is 11.5 Å². The van der Waals surface area contributed by atoms with Crippen molar-refractivity contribution in [3.05, 3.63) is 82.5 Å². The minimum Gasteiger partial charge on any atom is -0.358 e. The summed E-state index contributed by atoms with van der Waals surface area (Å²) in [6.45, 7) is 1.93. The first kappa shape index (κ1) is 18.1. The fraction of sp³-hybridized carbons (Fsp3) is 0.182. The molecule has 1 amide bonds. The Morgan fingerprint density at radius 1 is 0.933 bits per heavy atom.